The summed E-state index contributed by atoms with van der Waals surface area (Å²) in [7, 11) is 0. The summed E-state index contributed by atoms with van der Waals surface area (Å²) in [5, 5.41) is 0. The maximum absolute atomic E-state index is 13.0. The van der Waals surface area contributed by atoms with E-state index >= 15 is 0 Å². The van der Waals surface area contributed by atoms with E-state index in [1.165, 1.54) is 6.92 Å². The molecule has 0 bridgehead atoms. The Morgan fingerprint density at radius 1 is 0.576 bits per heavy atom. The summed E-state index contributed by atoms with van der Waals surface area (Å²) in [6, 6.07) is 9.01. The SMILES string of the molecule is CC(CS)C(=O)OCC(F)(F)C(F)F.O=C(CCS)Oc1c(F)c(F)c(F)c(F)c1F.O=C(CCS)Oc1ccccc1.O=C(CS)Oc1c(F)c(F)c(F)c(F)c1F. The molecular weight excluding hydrogens is 919 g/mol. The van der Waals surface area contributed by atoms with Crippen LogP contribution in [0, 0.1) is 64.1 Å². The summed E-state index contributed by atoms with van der Waals surface area (Å²) in [5.74, 6) is -33.2. The first-order chi connectivity index (χ1) is 27.4. The number of alkyl halides is 4. The van der Waals surface area contributed by atoms with Crippen molar-refractivity contribution in [3.8, 4) is 17.2 Å². The second-order valence-corrected chi connectivity index (χ2v) is 12.0. The Hall–Kier alpha value is -4.04. The monoisotopic (exact) mass is 946 g/mol. The van der Waals surface area contributed by atoms with Gasteiger partial charge >= 0.3 is 36.2 Å². The lowest BCUT2D eigenvalue weighted by molar-refractivity contribution is -0.181. The molecule has 0 radical (unpaired) electrons. The Kier molecular flexibility index (Phi) is 25.1. The molecule has 0 aliphatic carbocycles. The van der Waals surface area contributed by atoms with Gasteiger partial charge in [-0.05, 0) is 12.1 Å². The highest BCUT2D eigenvalue weighted by molar-refractivity contribution is 7.81. The maximum atomic E-state index is 13.0. The van der Waals surface area contributed by atoms with Crippen LogP contribution in [0.5, 0.6) is 17.2 Å². The van der Waals surface area contributed by atoms with E-state index in [9.17, 15) is 80.6 Å². The highest BCUT2D eigenvalue weighted by Crippen LogP contribution is 2.30. The first-order valence-corrected chi connectivity index (χ1v) is 17.9. The largest absolute Gasteiger partial charge is 0.459 e. The summed E-state index contributed by atoms with van der Waals surface area (Å²) >= 11 is 14.7. The molecule has 3 rings (SSSR count). The van der Waals surface area contributed by atoms with Crippen LogP contribution in [-0.2, 0) is 23.9 Å². The lowest BCUT2D eigenvalue weighted by atomic mass is 10.2. The van der Waals surface area contributed by atoms with Gasteiger partial charge < -0.3 is 18.9 Å². The topological polar surface area (TPSA) is 105 Å². The first-order valence-electron chi connectivity index (χ1n) is 15.4. The van der Waals surface area contributed by atoms with E-state index in [0.29, 0.717) is 17.9 Å². The molecule has 0 aliphatic heterocycles. The molecule has 3 aromatic carbocycles. The maximum Gasteiger partial charge on any atom is 0.340 e. The molecule has 59 heavy (non-hydrogen) atoms. The number of hydrogen-bond acceptors (Lipinski definition) is 12. The second-order valence-electron chi connectivity index (χ2n) is 10.4. The van der Waals surface area contributed by atoms with Gasteiger partial charge in [-0.25, -0.2) is 35.1 Å². The molecule has 0 heterocycles. The number of carbonyl (C=O) groups is 4. The van der Waals surface area contributed by atoms with Gasteiger partial charge in [0.05, 0.1) is 24.5 Å². The van der Waals surface area contributed by atoms with Crippen molar-refractivity contribution in [2.45, 2.75) is 32.1 Å². The summed E-state index contributed by atoms with van der Waals surface area (Å²) in [4.78, 5) is 43.2. The number of para-hydroxylation sites is 1. The van der Waals surface area contributed by atoms with Gasteiger partial charge in [0.2, 0.25) is 69.7 Å². The molecule has 3 aromatic rings. The molecule has 1 unspecified atom stereocenters. The second kappa shape index (κ2) is 26.9. The van der Waals surface area contributed by atoms with E-state index in [0.717, 1.165) is 0 Å². The van der Waals surface area contributed by atoms with Crippen molar-refractivity contribution >= 4 is 74.4 Å². The van der Waals surface area contributed by atoms with E-state index in [-0.39, 0.29) is 23.9 Å². The van der Waals surface area contributed by atoms with Crippen molar-refractivity contribution in [3.05, 3.63) is 88.5 Å². The Morgan fingerprint density at radius 2 is 0.932 bits per heavy atom. The molecule has 0 N–H and O–H groups in total. The lowest BCUT2D eigenvalue weighted by Crippen LogP contribution is -2.34. The number of rotatable bonds is 13. The molecular formula is C33H28F14O8S4. The Balaban J connectivity index is 0.000000766. The van der Waals surface area contributed by atoms with E-state index in [2.05, 4.69) is 64.7 Å². The Morgan fingerprint density at radius 3 is 1.27 bits per heavy atom. The fourth-order valence-corrected chi connectivity index (χ4v) is 3.54. The molecule has 26 heteroatoms. The van der Waals surface area contributed by atoms with Gasteiger partial charge in [0.1, 0.15) is 5.75 Å². The van der Waals surface area contributed by atoms with Crippen molar-refractivity contribution in [1.29, 1.82) is 0 Å². The zero-order chi connectivity index (χ0) is 45.8. The van der Waals surface area contributed by atoms with Crippen LogP contribution < -0.4 is 14.2 Å². The highest BCUT2D eigenvalue weighted by atomic mass is 32.1. The van der Waals surface area contributed by atoms with Crippen molar-refractivity contribution < 1.29 is 99.6 Å². The molecule has 0 spiro atoms. The Labute approximate surface area is 346 Å². The standard InChI is InChI=1S/C9H5F5O2S.C9H10O2S.C8H3F5O2S.C7H10F4O2S/c10-4-5(11)7(13)9(8(14)6(4)12)16-3(15)1-2-17;10-9(6-7-12)11-8-4-2-1-3-5-8;9-3-4(10)6(12)8(7(13)5(3)11)15-2(14)1-16;1-4(2-14)5(12)13-3-7(10,11)6(8)9/h17H,1-2H2;1-5,12H,6-7H2;16H,1H2;4,6,14H,2-3H2,1H3. The molecule has 0 aromatic heterocycles. The number of hydrogen-bond donors (Lipinski definition) is 4. The lowest BCUT2D eigenvalue weighted by Gasteiger charge is -2.16. The van der Waals surface area contributed by atoms with Crippen LogP contribution in [0.25, 0.3) is 0 Å². The molecule has 1 atom stereocenters. The third kappa shape index (κ3) is 18.0. The number of carbonyl (C=O) groups excluding carboxylic acids is 4. The summed E-state index contributed by atoms with van der Waals surface area (Å²) in [6.07, 6.45) is -3.82. The number of halogens is 14. The summed E-state index contributed by atoms with van der Waals surface area (Å²) in [6.45, 7) is -0.197. The van der Waals surface area contributed by atoms with Crippen LogP contribution in [0.2, 0.25) is 0 Å². The fourth-order valence-electron chi connectivity index (χ4n) is 2.96. The average molecular weight is 947 g/mol. The predicted octanol–water partition coefficient (Wildman–Crippen LogP) is 8.73. The molecule has 0 saturated carbocycles. The highest BCUT2D eigenvalue weighted by Gasteiger charge is 2.42. The van der Waals surface area contributed by atoms with Crippen molar-refractivity contribution in [3.63, 3.8) is 0 Å². The smallest absolute Gasteiger partial charge is 0.340 e. The number of benzene rings is 3. The summed E-state index contributed by atoms with van der Waals surface area (Å²) in [5.41, 5.74) is 0. The quantitative estimate of drug-likeness (QED) is 0.0337. The van der Waals surface area contributed by atoms with Crippen LogP contribution in [0.1, 0.15) is 19.8 Å². The number of thiol groups is 4. The minimum atomic E-state index is -4.29. The van der Waals surface area contributed by atoms with Gasteiger partial charge in [0.15, 0.2) is 6.61 Å². The normalized spacial score (nSPS) is 11.1. The summed E-state index contributed by atoms with van der Waals surface area (Å²) < 4.78 is 192. The van der Waals surface area contributed by atoms with Gasteiger partial charge in [-0.15, -0.1) is 0 Å². The van der Waals surface area contributed by atoms with Gasteiger partial charge in [0, 0.05) is 17.3 Å². The van der Waals surface area contributed by atoms with E-state index in [4.69, 9.17) is 4.74 Å². The Bertz CT molecular complexity index is 1820. The van der Waals surface area contributed by atoms with Crippen LogP contribution in [0.3, 0.4) is 0 Å². The van der Waals surface area contributed by atoms with Crippen molar-refractivity contribution in [1.82, 2.24) is 0 Å². The molecule has 8 nitrogen and oxygen atoms in total. The minimum Gasteiger partial charge on any atom is -0.459 e. The zero-order valence-electron chi connectivity index (χ0n) is 29.3. The fraction of sp³-hybridized carbons (Fsp3) is 0.333. The van der Waals surface area contributed by atoms with Gasteiger partial charge in [-0.3, -0.25) is 19.2 Å². The molecule has 0 saturated heterocycles. The zero-order valence-corrected chi connectivity index (χ0v) is 32.9. The molecule has 0 amide bonds. The first kappa shape index (κ1) is 55.0. The van der Waals surface area contributed by atoms with Crippen molar-refractivity contribution in [2.24, 2.45) is 5.92 Å². The molecule has 0 aliphatic rings. The predicted molar refractivity (Wildman–Crippen MR) is 192 cm³/mol. The van der Waals surface area contributed by atoms with E-state index in [1.54, 1.807) is 12.1 Å². The average Bonchev–Trinajstić information content (AvgIpc) is 3.20. The number of ether oxygens (including phenoxy) is 4. The van der Waals surface area contributed by atoms with Crippen LogP contribution in [0.4, 0.5) is 61.5 Å². The molecule has 0 fully saturated rings. The van der Waals surface area contributed by atoms with Gasteiger partial charge in [-0.1, -0.05) is 25.1 Å². The van der Waals surface area contributed by atoms with Crippen LogP contribution >= 0.6 is 50.5 Å². The van der Waals surface area contributed by atoms with Gasteiger partial charge in [0.25, 0.3) is 0 Å². The number of esters is 4. The van der Waals surface area contributed by atoms with E-state index in [1.807, 2.05) is 18.2 Å². The minimum absolute atomic E-state index is 0.00817. The van der Waals surface area contributed by atoms with Crippen LogP contribution in [0.15, 0.2) is 30.3 Å². The van der Waals surface area contributed by atoms with Crippen LogP contribution in [-0.4, -0.2) is 65.8 Å². The third-order valence-electron chi connectivity index (χ3n) is 5.91. The van der Waals surface area contributed by atoms with Crippen molar-refractivity contribution in [2.75, 3.05) is 29.6 Å². The van der Waals surface area contributed by atoms with Gasteiger partial charge in [-0.2, -0.15) is 76.9 Å². The third-order valence-corrected chi connectivity index (χ3v) is 7.16. The molecule has 330 valence electrons. The van der Waals surface area contributed by atoms with E-state index < -0.39 is 118 Å².